The van der Waals surface area contributed by atoms with Crippen molar-refractivity contribution < 1.29 is 31.4 Å². The molecule has 2 aromatic rings. The molecule has 0 bridgehead atoms. The summed E-state index contributed by atoms with van der Waals surface area (Å²) in [6, 6.07) is 5.02. The highest BCUT2D eigenvalue weighted by atomic mass is 19.2. The predicted molar refractivity (Wildman–Crippen MR) is 144 cm³/mol. The van der Waals surface area contributed by atoms with Gasteiger partial charge in [0.05, 0.1) is 13.2 Å². The van der Waals surface area contributed by atoms with Crippen LogP contribution in [0.15, 0.2) is 24.3 Å². The fraction of sp³-hybridized carbons (Fsp3) is 0.636. The molecule has 1 heterocycles. The Hall–Kier alpha value is -1.99. The van der Waals surface area contributed by atoms with Crippen LogP contribution in [0.2, 0.25) is 0 Å². The van der Waals surface area contributed by atoms with Crippen molar-refractivity contribution in [1.82, 2.24) is 0 Å². The smallest absolute Gasteiger partial charge is 0.194 e. The van der Waals surface area contributed by atoms with E-state index in [9.17, 15) is 13.2 Å². The second-order valence-corrected chi connectivity index (χ2v) is 12.3. The van der Waals surface area contributed by atoms with Crippen molar-refractivity contribution in [2.24, 2.45) is 17.8 Å². The van der Waals surface area contributed by atoms with Crippen LogP contribution in [0.5, 0.6) is 0 Å². The number of halogens is 5. The summed E-state index contributed by atoms with van der Waals surface area (Å²) < 4.78 is 82.9. The molecule has 0 aromatic heterocycles. The van der Waals surface area contributed by atoms with Crippen LogP contribution in [-0.4, -0.2) is 13.2 Å². The Morgan fingerprint density at radius 3 is 1.65 bits per heavy atom. The summed E-state index contributed by atoms with van der Waals surface area (Å²) in [6.45, 7) is 3.26. The molecule has 3 fully saturated rings. The van der Waals surface area contributed by atoms with Gasteiger partial charge in [-0.2, -0.15) is 0 Å². The lowest BCUT2D eigenvalue weighted by Crippen LogP contribution is -2.27. The van der Waals surface area contributed by atoms with Crippen molar-refractivity contribution >= 4 is 0 Å². The van der Waals surface area contributed by atoms with Crippen molar-refractivity contribution in [2.75, 3.05) is 13.2 Å². The van der Waals surface area contributed by atoms with E-state index in [1.165, 1.54) is 18.6 Å². The minimum absolute atomic E-state index is 0.0305. The first-order valence-electron chi connectivity index (χ1n) is 15.2. The zero-order valence-corrected chi connectivity index (χ0v) is 23.4. The highest BCUT2D eigenvalue weighted by Crippen LogP contribution is 2.47. The second kappa shape index (κ2) is 13.3. The number of ether oxygens (including phenoxy) is 2. The Balaban J connectivity index is 1.12. The molecule has 1 aliphatic heterocycles. The summed E-state index contributed by atoms with van der Waals surface area (Å²) in [6.07, 6.45) is 10.6. The van der Waals surface area contributed by atoms with Crippen LogP contribution < -0.4 is 0 Å². The summed E-state index contributed by atoms with van der Waals surface area (Å²) in [7, 11) is 0. The fourth-order valence-corrected chi connectivity index (χ4v) is 7.33. The maximum absolute atomic E-state index is 15.2. The van der Waals surface area contributed by atoms with Crippen LogP contribution >= 0.6 is 0 Å². The van der Waals surface area contributed by atoms with Crippen LogP contribution in [0, 0.1) is 46.8 Å². The van der Waals surface area contributed by atoms with Crippen molar-refractivity contribution in [3.05, 3.63) is 70.0 Å². The number of hydrogen-bond donors (Lipinski definition) is 0. The number of hydrogen-bond acceptors (Lipinski definition) is 2. The van der Waals surface area contributed by atoms with E-state index in [0.717, 1.165) is 82.8 Å². The molecule has 2 aromatic carbocycles. The third-order valence-corrected chi connectivity index (χ3v) is 9.65. The quantitative estimate of drug-likeness (QED) is 0.180. The van der Waals surface area contributed by atoms with Crippen molar-refractivity contribution in [3.8, 4) is 0 Å². The molecule has 0 spiro atoms. The molecule has 40 heavy (non-hydrogen) atoms. The zero-order valence-electron chi connectivity index (χ0n) is 23.4. The highest BCUT2D eigenvalue weighted by molar-refractivity contribution is 5.30. The van der Waals surface area contributed by atoms with Crippen LogP contribution in [-0.2, 0) is 9.47 Å². The normalized spacial score (nSPS) is 29.4. The Labute approximate surface area is 234 Å². The van der Waals surface area contributed by atoms with Gasteiger partial charge in [0.2, 0.25) is 0 Å². The maximum Gasteiger partial charge on any atom is 0.194 e. The summed E-state index contributed by atoms with van der Waals surface area (Å²) in [4.78, 5) is 0. The molecule has 0 radical (unpaired) electrons. The van der Waals surface area contributed by atoms with E-state index in [2.05, 4.69) is 6.92 Å². The molecular formula is C33H41F5O2. The van der Waals surface area contributed by atoms with Crippen molar-refractivity contribution in [1.29, 1.82) is 0 Å². The average Bonchev–Trinajstić information content (AvgIpc) is 2.96. The molecular weight excluding hydrogens is 523 g/mol. The predicted octanol–water partition coefficient (Wildman–Crippen LogP) is 9.87. The van der Waals surface area contributed by atoms with E-state index >= 15 is 8.78 Å². The standard InChI is InChI=1S/C33H41F5O2/c1-2-3-4-5-20-18-39-33(40-19-20)26-16-27(34)31(28(35)17-26)24-12-10-22(11-13-24)21-6-8-23(9-7-21)25-14-29(36)32(38)30(37)15-25/h14-17,20-24,33H,2-13,18-19H2,1H3. The maximum atomic E-state index is 15.2. The Morgan fingerprint density at radius 2 is 1.12 bits per heavy atom. The van der Waals surface area contributed by atoms with Gasteiger partial charge in [0, 0.05) is 17.0 Å². The van der Waals surface area contributed by atoms with Gasteiger partial charge in [-0.3, -0.25) is 0 Å². The van der Waals surface area contributed by atoms with E-state index in [1.54, 1.807) is 0 Å². The molecule has 220 valence electrons. The lowest BCUT2D eigenvalue weighted by molar-refractivity contribution is -0.206. The van der Waals surface area contributed by atoms with E-state index < -0.39 is 35.4 Å². The third kappa shape index (κ3) is 6.73. The van der Waals surface area contributed by atoms with Gasteiger partial charge < -0.3 is 9.47 Å². The van der Waals surface area contributed by atoms with Gasteiger partial charge in [-0.05, 0) is 111 Å². The monoisotopic (exact) mass is 564 g/mol. The first kappa shape index (κ1) is 29.5. The number of rotatable bonds is 8. The molecule has 0 amide bonds. The van der Waals surface area contributed by atoms with Crippen LogP contribution in [0.4, 0.5) is 22.0 Å². The second-order valence-electron chi connectivity index (χ2n) is 12.3. The van der Waals surface area contributed by atoms with Crippen LogP contribution in [0.25, 0.3) is 0 Å². The molecule has 7 heteroatoms. The van der Waals surface area contributed by atoms with E-state index in [0.29, 0.717) is 42.1 Å². The molecule has 1 saturated heterocycles. The van der Waals surface area contributed by atoms with Gasteiger partial charge in [-0.25, -0.2) is 22.0 Å². The van der Waals surface area contributed by atoms with E-state index in [1.807, 2.05) is 0 Å². The van der Waals surface area contributed by atoms with Crippen molar-refractivity contribution in [3.63, 3.8) is 0 Å². The average molecular weight is 565 g/mol. The molecule has 2 nitrogen and oxygen atoms in total. The van der Waals surface area contributed by atoms with Crippen LogP contribution in [0.1, 0.15) is 119 Å². The topological polar surface area (TPSA) is 18.5 Å². The van der Waals surface area contributed by atoms with Gasteiger partial charge in [0.1, 0.15) is 11.6 Å². The minimum Gasteiger partial charge on any atom is -0.348 e. The molecule has 2 saturated carbocycles. The van der Waals surface area contributed by atoms with Crippen molar-refractivity contribution in [2.45, 2.75) is 102 Å². The Bertz CT molecular complexity index is 1080. The van der Waals surface area contributed by atoms with Gasteiger partial charge in [0.15, 0.2) is 23.7 Å². The molecule has 3 aliphatic rings. The summed E-state index contributed by atoms with van der Waals surface area (Å²) in [5, 5.41) is 0. The van der Waals surface area contributed by atoms with E-state index in [-0.39, 0.29) is 17.4 Å². The molecule has 0 atom stereocenters. The first-order valence-corrected chi connectivity index (χ1v) is 15.2. The van der Waals surface area contributed by atoms with Gasteiger partial charge in [0.25, 0.3) is 0 Å². The molecule has 0 unspecified atom stereocenters. The number of benzene rings is 2. The Morgan fingerprint density at radius 1 is 0.625 bits per heavy atom. The molecule has 2 aliphatic carbocycles. The lowest BCUT2D eigenvalue weighted by atomic mass is 9.67. The highest BCUT2D eigenvalue weighted by Gasteiger charge is 2.34. The van der Waals surface area contributed by atoms with Gasteiger partial charge in [-0.1, -0.05) is 26.2 Å². The molecule has 0 N–H and O–H groups in total. The summed E-state index contributed by atoms with van der Waals surface area (Å²) in [5.74, 6) is -3.53. The number of unbranched alkanes of at least 4 members (excludes halogenated alkanes) is 2. The Kier molecular flexibility index (Phi) is 9.83. The summed E-state index contributed by atoms with van der Waals surface area (Å²) >= 11 is 0. The zero-order chi connectivity index (χ0) is 28.2. The largest absolute Gasteiger partial charge is 0.348 e. The third-order valence-electron chi connectivity index (χ3n) is 9.65. The summed E-state index contributed by atoms with van der Waals surface area (Å²) in [5.41, 5.74) is 1.11. The van der Waals surface area contributed by atoms with E-state index in [4.69, 9.17) is 9.47 Å². The molecule has 5 rings (SSSR count). The SMILES string of the molecule is CCCCCC1COC(c2cc(F)c(C3CCC(C4CCC(c5cc(F)c(F)c(F)c5)CC4)CC3)c(F)c2)OC1. The van der Waals surface area contributed by atoms with Gasteiger partial charge >= 0.3 is 0 Å². The first-order chi connectivity index (χ1) is 19.3. The van der Waals surface area contributed by atoms with Gasteiger partial charge in [-0.15, -0.1) is 0 Å². The van der Waals surface area contributed by atoms with Crippen LogP contribution in [0.3, 0.4) is 0 Å². The lowest BCUT2D eigenvalue weighted by Gasteiger charge is -2.38. The fourth-order valence-electron chi connectivity index (χ4n) is 7.33. The minimum atomic E-state index is -1.42.